The van der Waals surface area contributed by atoms with Gasteiger partial charge >= 0.3 is 0 Å². The number of rotatable bonds is 2. The van der Waals surface area contributed by atoms with Crippen molar-refractivity contribution in [1.82, 2.24) is 5.32 Å². The van der Waals surface area contributed by atoms with Gasteiger partial charge in [-0.05, 0) is 24.5 Å². The van der Waals surface area contributed by atoms with Gasteiger partial charge in [0.15, 0.2) is 11.6 Å². The first-order valence-electron chi connectivity index (χ1n) is 4.99. The largest absolute Gasteiger partial charge is 0.353 e. The van der Waals surface area contributed by atoms with Crippen molar-refractivity contribution in [2.75, 3.05) is 0 Å². The molecule has 1 N–H and O–H groups in total. The number of amides is 1. The molecule has 2 nitrogen and oxygen atoms in total. The summed E-state index contributed by atoms with van der Waals surface area (Å²) in [5.41, 5.74) is 0.0890. The molecule has 1 aromatic rings. The van der Waals surface area contributed by atoms with Crippen LogP contribution in [0, 0.1) is 17.5 Å². The lowest BCUT2D eigenvalue weighted by Crippen LogP contribution is -2.27. The Kier molecular flexibility index (Phi) is 2.85. The number of halogens is 3. The molecule has 1 unspecified atom stereocenters. The highest BCUT2D eigenvalue weighted by Crippen LogP contribution is 2.18. The molecule has 1 amide bonds. The third-order valence-electron chi connectivity index (χ3n) is 2.64. The van der Waals surface area contributed by atoms with Crippen LogP contribution < -0.4 is 5.32 Å². The first kappa shape index (κ1) is 11.0. The highest BCUT2D eigenvalue weighted by atomic mass is 19.2. The Hall–Kier alpha value is -1.52. The minimum atomic E-state index is -1.20. The molecule has 0 radical (unpaired) electrons. The molecule has 0 aliphatic carbocycles. The van der Waals surface area contributed by atoms with Gasteiger partial charge in [-0.1, -0.05) is 0 Å². The van der Waals surface area contributed by atoms with E-state index in [-0.39, 0.29) is 23.9 Å². The zero-order valence-electron chi connectivity index (χ0n) is 8.40. The molecule has 0 bridgehead atoms. The summed E-state index contributed by atoms with van der Waals surface area (Å²) in [7, 11) is 0. The summed E-state index contributed by atoms with van der Waals surface area (Å²) in [6, 6.07) is 1.18. The van der Waals surface area contributed by atoms with E-state index in [1.807, 2.05) is 0 Å². The number of benzene rings is 1. The van der Waals surface area contributed by atoms with Crippen molar-refractivity contribution in [3.63, 3.8) is 0 Å². The molecule has 0 spiro atoms. The van der Waals surface area contributed by atoms with Crippen LogP contribution in [0.25, 0.3) is 0 Å². The van der Waals surface area contributed by atoms with E-state index < -0.39 is 17.5 Å². The normalized spacial score (nSPS) is 19.9. The third kappa shape index (κ3) is 2.18. The molecule has 16 heavy (non-hydrogen) atoms. The maximum absolute atomic E-state index is 13.3. The van der Waals surface area contributed by atoms with Crippen LogP contribution in [0.3, 0.4) is 0 Å². The molecule has 0 aromatic heterocycles. The Bertz CT molecular complexity index is 433. The molecule has 1 aliphatic heterocycles. The Morgan fingerprint density at radius 3 is 2.50 bits per heavy atom. The fraction of sp³-hybridized carbons (Fsp3) is 0.364. The number of carbonyl (C=O) groups is 1. The van der Waals surface area contributed by atoms with Gasteiger partial charge in [-0.3, -0.25) is 4.79 Å². The highest BCUT2D eigenvalue weighted by Gasteiger charge is 2.22. The summed E-state index contributed by atoms with van der Waals surface area (Å²) < 4.78 is 38.8. The van der Waals surface area contributed by atoms with Gasteiger partial charge in [-0.15, -0.1) is 0 Å². The van der Waals surface area contributed by atoms with E-state index in [4.69, 9.17) is 0 Å². The molecule has 1 saturated heterocycles. The number of nitrogens with one attached hydrogen (secondary N) is 1. The molecule has 1 atom stereocenters. The standard InChI is InChI=1S/C11H10F3NO/c12-8-5-10(14)9(13)4-6(8)3-7-1-2-11(16)15-7/h4-5,7H,1-3H2,(H,15,16). The van der Waals surface area contributed by atoms with Crippen molar-refractivity contribution in [1.29, 1.82) is 0 Å². The molecule has 86 valence electrons. The Labute approximate surface area is 90.5 Å². The molecule has 1 aliphatic rings. The van der Waals surface area contributed by atoms with Gasteiger partial charge in [0.05, 0.1) is 0 Å². The molecule has 2 rings (SSSR count). The second kappa shape index (κ2) is 4.15. The number of carbonyl (C=O) groups excluding carboxylic acids is 1. The molecular weight excluding hydrogens is 219 g/mol. The van der Waals surface area contributed by atoms with Crippen LogP contribution in [-0.4, -0.2) is 11.9 Å². The lowest BCUT2D eigenvalue weighted by Gasteiger charge is -2.10. The van der Waals surface area contributed by atoms with Crippen molar-refractivity contribution >= 4 is 5.91 Å². The van der Waals surface area contributed by atoms with E-state index in [1.165, 1.54) is 0 Å². The van der Waals surface area contributed by atoms with Crippen molar-refractivity contribution < 1.29 is 18.0 Å². The van der Waals surface area contributed by atoms with Gasteiger partial charge in [0, 0.05) is 18.5 Å². The second-order valence-electron chi connectivity index (χ2n) is 3.86. The third-order valence-corrected chi connectivity index (χ3v) is 2.64. The number of hydrogen-bond donors (Lipinski definition) is 1. The predicted octanol–water partition coefficient (Wildman–Crippen LogP) is 1.93. The van der Waals surface area contributed by atoms with Crippen LogP contribution in [0.1, 0.15) is 18.4 Å². The fourth-order valence-electron chi connectivity index (χ4n) is 1.82. The van der Waals surface area contributed by atoms with Gasteiger partial charge in [0.25, 0.3) is 0 Å². The average molecular weight is 229 g/mol. The summed E-state index contributed by atoms with van der Waals surface area (Å²) in [6.45, 7) is 0. The maximum Gasteiger partial charge on any atom is 0.220 e. The first-order chi connectivity index (χ1) is 7.56. The first-order valence-corrected chi connectivity index (χ1v) is 4.99. The minimum absolute atomic E-state index is 0.0890. The van der Waals surface area contributed by atoms with Crippen LogP contribution in [0.15, 0.2) is 12.1 Å². The molecule has 0 saturated carbocycles. The van der Waals surface area contributed by atoms with Crippen LogP contribution in [0.5, 0.6) is 0 Å². The van der Waals surface area contributed by atoms with Crippen molar-refractivity contribution in [2.24, 2.45) is 0 Å². The maximum atomic E-state index is 13.3. The quantitative estimate of drug-likeness (QED) is 0.771. The Balaban J connectivity index is 2.15. The summed E-state index contributed by atoms with van der Waals surface area (Å²) in [6.07, 6.45) is 1.18. The summed E-state index contributed by atoms with van der Waals surface area (Å²) >= 11 is 0. The SMILES string of the molecule is O=C1CCC(Cc2cc(F)c(F)cc2F)N1. The smallest absolute Gasteiger partial charge is 0.220 e. The van der Waals surface area contributed by atoms with Gasteiger partial charge in [0.1, 0.15) is 5.82 Å². The second-order valence-corrected chi connectivity index (χ2v) is 3.86. The molecule has 1 fully saturated rings. The van der Waals surface area contributed by atoms with Crippen molar-refractivity contribution in [3.05, 3.63) is 35.1 Å². The van der Waals surface area contributed by atoms with E-state index in [0.717, 1.165) is 6.07 Å². The van der Waals surface area contributed by atoms with E-state index >= 15 is 0 Å². The van der Waals surface area contributed by atoms with Gasteiger partial charge < -0.3 is 5.32 Å². The van der Waals surface area contributed by atoms with Crippen LogP contribution >= 0.6 is 0 Å². The van der Waals surface area contributed by atoms with E-state index in [1.54, 1.807) is 0 Å². The molecule has 1 heterocycles. The highest BCUT2D eigenvalue weighted by molar-refractivity contribution is 5.78. The Morgan fingerprint density at radius 2 is 1.88 bits per heavy atom. The van der Waals surface area contributed by atoms with E-state index in [9.17, 15) is 18.0 Å². The fourth-order valence-corrected chi connectivity index (χ4v) is 1.82. The summed E-state index contributed by atoms with van der Waals surface area (Å²) in [4.78, 5) is 10.9. The molecule has 5 heteroatoms. The summed E-state index contributed by atoms with van der Waals surface area (Å²) in [5.74, 6) is -3.13. The monoisotopic (exact) mass is 229 g/mol. The topological polar surface area (TPSA) is 29.1 Å². The number of hydrogen-bond acceptors (Lipinski definition) is 1. The predicted molar refractivity (Wildman–Crippen MR) is 51.2 cm³/mol. The van der Waals surface area contributed by atoms with Crippen molar-refractivity contribution in [3.8, 4) is 0 Å². The average Bonchev–Trinajstić information content (AvgIpc) is 2.60. The Morgan fingerprint density at radius 1 is 1.19 bits per heavy atom. The van der Waals surface area contributed by atoms with Crippen LogP contribution in [0.4, 0.5) is 13.2 Å². The zero-order valence-corrected chi connectivity index (χ0v) is 8.40. The van der Waals surface area contributed by atoms with Crippen LogP contribution in [0.2, 0.25) is 0 Å². The van der Waals surface area contributed by atoms with E-state index in [2.05, 4.69) is 5.32 Å². The lowest BCUT2D eigenvalue weighted by molar-refractivity contribution is -0.119. The molecule has 1 aromatic carbocycles. The van der Waals surface area contributed by atoms with Gasteiger partial charge in [-0.25, -0.2) is 13.2 Å². The van der Waals surface area contributed by atoms with Crippen LogP contribution in [-0.2, 0) is 11.2 Å². The van der Waals surface area contributed by atoms with Gasteiger partial charge in [0.2, 0.25) is 5.91 Å². The lowest BCUT2D eigenvalue weighted by atomic mass is 10.0. The van der Waals surface area contributed by atoms with Crippen molar-refractivity contribution in [2.45, 2.75) is 25.3 Å². The zero-order chi connectivity index (χ0) is 11.7. The minimum Gasteiger partial charge on any atom is -0.353 e. The summed E-state index contributed by atoms with van der Waals surface area (Å²) in [5, 5.41) is 2.64. The van der Waals surface area contributed by atoms with E-state index in [0.29, 0.717) is 18.9 Å². The molecular formula is C11H10F3NO. The van der Waals surface area contributed by atoms with Gasteiger partial charge in [-0.2, -0.15) is 0 Å².